The molecule has 4 nitrogen and oxygen atoms in total. The molecule has 3 heterocycles. The molecule has 3 rings (SSSR count). The molecule has 110 valence electrons. The van der Waals surface area contributed by atoms with Gasteiger partial charge in [-0.05, 0) is 32.5 Å². The molecule has 1 atom stereocenters. The molecular weight excluding hydrogens is 255 g/mol. The fourth-order valence-electron chi connectivity index (χ4n) is 3.37. The molecule has 2 aliphatic heterocycles. The van der Waals surface area contributed by atoms with Gasteiger partial charge in [0.25, 0.3) is 0 Å². The Morgan fingerprint density at radius 2 is 2.25 bits per heavy atom. The van der Waals surface area contributed by atoms with E-state index in [0.29, 0.717) is 24.0 Å². The maximum absolute atomic E-state index is 14.5. The third-order valence-corrected chi connectivity index (χ3v) is 4.45. The van der Waals surface area contributed by atoms with Gasteiger partial charge in [-0.1, -0.05) is 6.42 Å². The second-order valence-corrected chi connectivity index (χ2v) is 5.77. The van der Waals surface area contributed by atoms with E-state index < -0.39 is 0 Å². The van der Waals surface area contributed by atoms with Crippen molar-refractivity contribution in [2.45, 2.75) is 31.8 Å². The monoisotopic (exact) mass is 278 g/mol. The molecule has 2 fully saturated rings. The summed E-state index contributed by atoms with van der Waals surface area (Å²) in [5, 5.41) is 3.01. The molecule has 5 heteroatoms. The number of aromatic nitrogens is 1. The molecule has 1 aromatic rings. The van der Waals surface area contributed by atoms with Crippen LogP contribution in [0.2, 0.25) is 0 Å². The van der Waals surface area contributed by atoms with Crippen LogP contribution in [0.5, 0.6) is 0 Å². The van der Waals surface area contributed by atoms with E-state index in [4.69, 9.17) is 0 Å². The van der Waals surface area contributed by atoms with Gasteiger partial charge in [-0.25, -0.2) is 9.37 Å². The van der Waals surface area contributed by atoms with E-state index in [2.05, 4.69) is 20.1 Å². The van der Waals surface area contributed by atoms with Gasteiger partial charge < -0.3 is 10.2 Å². The Balaban J connectivity index is 1.77. The molecule has 0 saturated carbocycles. The van der Waals surface area contributed by atoms with Crippen molar-refractivity contribution in [1.29, 1.82) is 0 Å². The topological polar surface area (TPSA) is 31.4 Å². The molecule has 2 saturated heterocycles. The lowest BCUT2D eigenvalue weighted by Gasteiger charge is -2.44. The van der Waals surface area contributed by atoms with Gasteiger partial charge in [0, 0.05) is 44.0 Å². The minimum Gasteiger partial charge on any atom is -0.351 e. The van der Waals surface area contributed by atoms with E-state index in [1.54, 1.807) is 12.3 Å². The third kappa shape index (κ3) is 2.65. The standard InChI is InChI=1S/C15H23FN4/c1-17-10-12-5-6-18-15(14(12)16)20-9-8-19-7-3-2-4-13(19)11-20/h5-6,13,17H,2-4,7-11H2,1H3. The molecule has 0 aliphatic carbocycles. The number of pyridine rings is 1. The minimum atomic E-state index is -0.161. The van der Waals surface area contributed by atoms with Gasteiger partial charge in [-0.3, -0.25) is 4.90 Å². The summed E-state index contributed by atoms with van der Waals surface area (Å²) in [6, 6.07) is 2.33. The largest absolute Gasteiger partial charge is 0.351 e. The second-order valence-electron chi connectivity index (χ2n) is 5.77. The highest BCUT2D eigenvalue weighted by atomic mass is 19.1. The van der Waals surface area contributed by atoms with Crippen molar-refractivity contribution in [3.63, 3.8) is 0 Å². The number of nitrogens with one attached hydrogen (secondary N) is 1. The van der Waals surface area contributed by atoms with Crippen molar-refractivity contribution in [2.75, 3.05) is 38.1 Å². The predicted octanol–water partition coefficient (Wildman–Crippen LogP) is 1.61. The van der Waals surface area contributed by atoms with Gasteiger partial charge in [0.1, 0.15) is 0 Å². The Kier molecular flexibility index (Phi) is 4.17. The van der Waals surface area contributed by atoms with Crippen LogP contribution in [-0.2, 0) is 6.54 Å². The van der Waals surface area contributed by atoms with Gasteiger partial charge in [0.05, 0.1) is 0 Å². The van der Waals surface area contributed by atoms with Gasteiger partial charge in [-0.2, -0.15) is 0 Å². The maximum atomic E-state index is 14.5. The van der Waals surface area contributed by atoms with Crippen molar-refractivity contribution >= 4 is 5.82 Å². The summed E-state index contributed by atoms with van der Waals surface area (Å²) in [5.74, 6) is 0.370. The Hall–Kier alpha value is -1.20. The SMILES string of the molecule is CNCc1ccnc(N2CCN3CCCCC3C2)c1F. The van der Waals surface area contributed by atoms with Gasteiger partial charge >= 0.3 is 0 Å². The summed E-state index contributed by atoms with van der Waals surface area (Å²) < 4.78 is 14.5. The second kappa shape index (κ2) is 6.06. The van der Waals surface area contributed by atoms with E-state index in [-0.39, 0.29) is 5.82 Å². The van der Waals surface area contributed by atoms with Crippen LogP contribution in [0.1, 0.15) is 24.8 Å². The molecule has 2 aliphatic rings. The summed E-state index contributed by atoms with van der Waals surface area (Å²) in [6.07, 6.45) is 5.55. The van der Waals surface area contributed by atoms with Crippen LogP contribution in [-0.4, -0.2) is 49.2 Å². The molecule has 0 radical (unpaired) electrons. The summed E-state index contributed by atoms with van der Waals surface area (Å²) in [4.78, 5) is 8.96. The number of hydrogen-bond donors (Lipinski definition) is 1. The number of anilines is 1. The number of hydrogen-bond acceptors (Lipinski definition) is 4. The average Bonchev–Trinajstić information content (AvgIpc) is 2.49. The smallest absolute Gasteiger partial charge is 0.170 e. The van der Waals surface area contributed by atoms with Crippen molar-refractivity contribution in [3.8, 4) is 0 Å². The normalized spacial score (nSPS) is 23.7. The summed E-state index contributed by atoms with van der Waals surface area (Å²) in [7, 11) is 1.83. The first-order valence-corrected chi connectivity index (χ1v) is 7.56. The zero-order valence-electron chi connectivity index (χ0n) is 12.1. The quantitative estimate of drug-likeness (QED) is 0.910. The molecular formula is C15H23FN4. The van der Waals surface area contributed by atoms with Gasteiger partial charge in [-0.15, -0.1) is 0 Å². The summed E-state index contributed by atoms with van der Waals surface area (Å²) in [5.41, 5.74) is 0.698. The van der Waals surface area contributed by atoms with Gasteiger partial charge in [0.15, 0.2) is 11.6 Å². The van der Waals surface area contributed by atoms with Crippen LogP contribution in [0.15, 0.2) is 12.3 Å². The van der Waals surface area contributed by atoms with E-state index in [0.717, 1.165) is 19.6 Å². The lowest BCUT2D eigenvalue weighted by Crippen LogP contribution is -2.55. The van der Waals surface area contributed by atoms with Crippen molar-refractivity contribution in [3.05, 3.63) is 23.6 Å². The van der Waals surface area contributed by atoms with Crippen LogP contribution >= 0.6 is 0 Å². The van der Waals surface area contributed by atoms with Gasteiger partial charge in [0.2, 0.25) is 0 Å². The summed E-state index contributed by atoms with van der Waals surface area (Å²) in [6.45, 7) is 4.57. The van der Waals surface area contributed by atoms with Crippen molar-refractivity contribution in [1.82, 2.24) is 15.2 Å². The summed E-state index contributed by atoms with van der Waals surface area (Å²) >= 11 is 0. The molecule has 0 amide bonds. The molecule has 20 heavy (non-hydrogen) atoms. The predicted molar refractivity (Wildman–Crippen MR) is 78.4 cm³/mol. The molecule has 0 aromatic carbocycles. The van der Waals surface area contributed by atoms with Crippen LogP contribution in [0, 0.1) is 5.82 Å². The lowest BCUT2D eigenvalue weighted by molar-refractivity contribution is 0.133. The van der Waals surface area contributed by atoms with E-state index in [1.807, 2.05) is 7.05 Å². The molecule has 0 spiro atoms. The molecule has 1 unspecified atom stereocenters. The lowest BCUT2D eigenvalue weighted by atomic mass is 9.99. The number of piperazine rings is 1. The van der Waals surface area contributed by atoms with E-state index in [9.17, 15) is 4.39 Å². The minimum absolute atomic E-state index is 0.161. The highest BCUT2D eigenvalue weighted by Gasteiger charge is 2.30. The van der Waals surface area contributed by atoms with Crippen molar-refractivity contribution < 1.29 is 4.39 Å². The number of piperidine rings is 1. The molecule has 0 bridgehead atoms. The zero-order valence-corrected chi connectivity index (χ0v) is 12.1. The Bertz CT molecular complexity index is 465. The van der Waals surface area contributed by atoms with Crippen molar-refractivity contribution in [2.24, 2.45) is 0 Å². The van der Waals surface area contributed by atoms with E-state index in [1.165, 1.54) is 25.8 Å². The molecule has 1 N–H and O–H groups in total. The first-order valence-electron chi connectivity index (χ1n) is 7.56. The van der Waals surface area contributed by atoms with Crippen LogP contribution in [0.3, 0.4) is 0 Å². The number of nitrogens with zero attached hydrogens (tertiary/aromatic N) is 3. The van der Waals surface area contributed by atoms with Crippen LogP contribution in [0.4, 0.5) is 10.2 Å². The Labute approximate surface area is 120 Å². The number of halogens is 1. The first kappa shape index (κ1) is 13.8. The Morgan fingerprint density at radius 1 is 1.35 bits per heavy atom. The number of rotatable bonds is 3. The molecule has 1 aromatic heterocycles. The fraction of sp³-hybridized carbons (Fsp3) is 0.667. The third-order valence-electron chi connectivity index (χ3n) is 4.45. The average molecular weight is 278 g/mol. The number of fused-ring (bicyclic) bond motifs is 1. The fourth-order valence-corrected chi connectivity index (χ4v) is 3.37. The van der Waals surface area contributed by atoms with Crippen LogP contribution in [0.25, 0.3) is 0 Å². The zero-order chi connectivity index (χ0) is 13.9. The highest BCUT2D eigenvalue weighted by molar-refractivity contribution is 5.44. The first-order chi connectivity index (χ1) is 9.79. The van der Waals surface area contributed by atoms with Crippen LogP contribution < -0.4 is 10.2 Å². The maximum Gasteiger partial charge on any atom is 0.170 e. The highest BCUT2D eigenvalue weighted by Crippen LogP contribution is 2.26. The Morgan fingerprint density at radius 3 is 3.10 bits per heavy atom. The van der Waals surface area contributed by atoms with E-state index >= 15 is 0 Å².